The van der Waals surface area contributed by atoms with Gasteiger partial charge in [0.15, 0.2) is 6.61 Å². The molecular weight excluding hydrogens is 472 g/mol. The van der Waals surface area contributed by atoms with Crippen LogP contribution in [0.4, 0.5) is 8.78 Å². The molecule has 1 aliphatic carbocycles. The monoisotopic (exact) mass is 497 g/mol. The zero-order chi connectivity index (χ0) is 23.8. The molecule has 180 valence electrons. The topological polar surface area (TPSA) is 127 Å². The minimum atomic E-state index is -5.77. The highest BCUT2D eigenvalue weighted by atomic mass is 32.2. The molecule has 0 aromatic heterocycles. The lowest BCUT2D eigenvalue weighted by Crippen LogP contribution is -2.55. The van der Waals surface area contributed by atoms with Gasteiger partial charge in [-0.2, -0.15) is 17.2 Å². The molecule has 1 saturated carbocycles. The molecule has 0 spiro atoms. The Morgan fingerprint density at radius 3 is 2.31 bits per heavy atom. The molecular formula is C19H25F2NO8S2. The number of amides is 1. The van der Waals surface area contributed by atoms with E-state index in [0.717, 1.165) is 6.42 Å². The van der Waals surface area contributed by atoms with Gasteiger partial charge in [-0.25, -0.2) is 0 Å². The molecule has 9 nitrogen and oxygen atoms in total. The standard InChI is InChI=1S/C19H25F2NO8S2/c1-18(2,3)22-11-12(30-16(24)8-5-4-6-8)14-10(9(15(22)23)13(11)31-14)17(25)29-7-19(20,21)32(26,27)28/h8-14H,4-7H2,1-3H3,(H,26,27,28). The Labute approximate surface area is 188 Å². The summed E-state index contributed by atoms with van der Waals surface area (Å²) >= 11 is 1.30. The molecule has 3 aliphatic heterocycles. The number of hydrogen-bond donors (Lipinski definition) is 1. The molecule has 13 heteroatoms. The van der Waals surface area contributed by atoms with Crippen molar-refractivity contribution in [3.63, 3.8) is 0 Å². The van der Waals surface area contributed by atoms with E-state index in [2.05, 4.69) is 4.74 Å². The fourth-order valence-corrected chi connectivity index (χ4v) is 7.29. The third-order valence-corrected chi connectivity index (χ3v) is 9.31. The van der Waals surface area contributed by atoms with E-state index in [0.29, 0.717) is 12.8 Å². The zero-order valence-corrected chi connectivity index (χ0v) is 19.3. The van der Waals surface area contributed by atoms with Crippen LogP contribution in [-0.4, -0.2) is 75.8 Å². The van der Waals surface area contributed by atoms with Gasteiger partial charge in [0.2, 0.25) is 5.91 Å². The number of nitrogens with zero attached hydrogens (tertiary/aromatic N) is 1. The predicted molar refractivity (Wildman–Crippen MR) is 107 cm³/mol. The number of likely N-dealkylation sites (tertiary alicyclic amines) is 1. The van der Waals surface area contributed by atoms with Crippen molar-refractivity contribution in [3.8, 4) is 0 Å². The number of esters is 2. The molecule has 4 aliphatic rings. The quantitative estimate of drug-likeness (QED) is 0.428. The van der Waals surface area contributed by atoms with E-state index < -0.39 is 68.7 Å². The van der Waals surface area contributed by atoms with Crippen molar-refractivity contribution in [2.24, 2.45) is 17.8 Å². The second-order valence-electron chi connectivity index (χ2n) is 9.74. The van der Waals surface area contributed by atoms with E-state index in [-0.39, 0.29) is 17.1 Å². The molecule has 1 amide bonds. The third kappa shape index (κ3) is 3.60. The van der Waals surface area contributed by atoms with Crippen LogP contribution in [-0.2, 0) is 34.0 Å². The minimum absolute atomic E-state index is 0.228. The van der Waals surface area contributed by atoms with E-state index in [1.165, 1.54) is 11.8 Å². The molecule has 4 rings (SSSR count). The van der Waals surface area contributed by atoms with Gasteiger partial charge in [0.1, 0.15) is 6.10 Å². The van der Waals surface area contributed by atoms with Crippen molar-refractivity contribution in [1.29, 1.82) is 0 Å². The van der Waals surface area contributed by atoms with Crippen LogP contribution in [0.1, 0.15) is 40.0 Å². The van der Waals surface area contributed by atoms with Gasteiger partial charge in [-0.3, -0.25) is 18.9 Å². The van der Waals surface area contributed by atoms with E-state index >= 15 is 0 Å². The molecule has 2 bridgehead atoms. The smallest absolute Gasteiger partial charge is 0.402 e. The normalized spacial score (nSPS) is 34.6. The zero-order valence-electron chi connectivity index (χ0n) is 17.7. The van der Waals surface area contributed by atoms with Gasteiger partial charge in [0.05, 0.1) is 29.0 Å². The van der Waals surface area contributed by atoms with Crippen molar-refractivity contribution < 1.29 is 45.6 Å². The summed E-state index contributed by atoms with van der Waals surface area (Å²) < 4.78 is 67.7. The first kappa shape index (κ1) is 23.7. The second kappa shape index (κ2) is 7.52. The van der Waals surface area contributed by atoms with Gasteiger partial charge in [0.25, 0.3) is 0 Å². The van der Waals surface area contributed by atoms with Gasteiger partial charge < -0.3 is 14.4 Å². The number of rotatable bonds is 6. The third-order valence-electron chi connectivity index (χ3n) is 6.67. The molecule has 6 unspecified atom stereocenters. The van der Waals surface area contributed by atoms with Crippen LogP contribution in [0, 0.1) is 17.8 Å². The van der Waals surface area contributed by atoms with Crippen LogP contribution in [0.25, 0.3) is 0 Å². The van der Waals surface area contributed by atoms with Crippen LogP contribution in [0.2, 0.25) is 0 Å². The predicted octanol–water partition coefficient (Wildman–Crippen LogP) is 1.46. The Hall–Kier alpha value is -1.47. The van der Waals surface area contributed by atoms with Crippen LogP contribution in [0.3, 0.4) is 0 Å². The van der Waals surface area contributed by atoms with Gasteiger partial charge in [-0.1, -0.05) is 6.42 Å². The molecule has 32 heavy (non-hydrogen) atoms. The Morgan fingerprint density at radius 1 is 1.19 bits per heavy atom. The van der Waals surface area contributed by atoms with Crippen LogP contribution >= 0.6 is 11.8 Å². The number of carbonyl (C=O) groups is 3. The fourth-order valence-electron chi connectivity index (χ4n) is 5.01. The highest BCUT2D eigenvalue weighted by Gasteiger charge is 2.73. The van der Waals surface area contributed by atoms with Gasteiger partial charge in [-0.15, -0.1) is 11.8 Å². The molecule has 6 atom stereocenters. The van der Waals surface area contributed by atoms with Crippen molar-refractivity contribution in [2.45, 2.75) is 73.5 Å². The molecule has 0 radical (unpaired) electrons. The summed E-state index contributed by atoms with van der Waals surface area (Å²) in [6.45, 7) is 3.58. The maximum Gasteiger partial charge on any atom is 0.402 e. The first-order valence-corrected chi connectivity index (χ1v) is 12.7. The number of carbonyl (C=O) groups excluding carboxylic acids is 3. The lowest BCUT2D eigenvalue weighted by molar-refractivity contribution is -0.166. The SMILES string of the molecule is CC(C)(C)N1C(=O)C2C3SC(C(OC(=O)C4CCC4)C31)C2C(=O)OCC(F)(F)S(=O)(=O)O. The lowest BCUT2D eigenvalue weighted by atomic mass is 9.78. The van der Waals surface area contributed by atoms with Crippen molar-refractivity contribution >= 4 is 39.7 Å². The van der Waals surface area contributed by atoms with Crippen LogP contribution in [0.15, 0.2) is 0 Å². The number of thioether (sulfide) groups is 1. The van der Waals surface area contributed by atoms with Crippen molar-refractivity contribution in [3.05, 3.63) is 0 Å². The molecule has 4 fully saturated rings. The van der Waals surface area contributed by atoms with Gasteiger partial charge in [0, 0.05) is 10.8 Å². The highest BCUT2D eigenvalue weighted by molar-refractivity contribution is 8.01. The van der Waals surface area contributed by atoms with Crippen molar-refractivity contribution in [2.75, 3.05) is 6.61 Å². The first-order valence-electron chi connectivity index (χ1n) is 10.4. The van der Waals surface area contributed by atoms with E-state index in [1.807, 2.05) is 20.8 Å². The van der Waals surface area contributed by atoms with E-state index in [1.54, 1.807) is 4.90 Å². The molecule has 3 saturated heterocycles. The highest BCUT2D eigenvalue weighted by Crippen LogP contribution is 2.61. The summed E-state index contributed by atoms with van der Waals surface area (Å²) in [6.07, 6.45) is 1.52. The Morgan fingerprint density at radius 2 is 1.81 bits per heavy atom. The summed E-state index contributed by atoms with van der Waals surface area (Å²) in [5.41, 5.74) is -0.637. The Kier molecular flexibility index (Phi) is 5.57. The fraction of sp³-hybridized carbons (Fsp3) is 0.842. The number of ether oxygens (including phenoxy) is 2. The van der Waals surface area contributed by atoms with E-state index in [4.69, 9.17) is 9.29 Å². The summed E-state index contributed by atoms with van der Waals surface area (Å²) in [5, 5.41) is -5.74. The number of hydrogen-bond acceptors (Lipinski definition) is 8. The Bertz CT molecular complexity index is 945. The number of alkyl halides is 2. The maximum atomic E-state index is 13.6. The molecule has 0 aromatic rings. The summed E-state index contributed by atoms with van der Waals surface area (Å²) in [4.78, 5) is 40.2. The van der Waals surface area contributed by atoms with Crippen molar-refractivity contribution in [1.82, 2.24) is 4.90 Å². The maximum absolute atomic E-state index is 13.6. The summed E-state index contributed by atoms with van der Waals surface area (Å²) in [6, 6.07) is -0.449. The van der Waals surface area contributed by atoms with Crippen LogP contribution in [0.5, 0.6) is 0 Å². The molecule has 0 aromatic carbocycles. The average molecular weight is 498 g/mol. The van der Waals surface area contributed by atoms with Gasteiger partial charge >= 0.3 is 27.3 Å². The minimum Gasteiger partial charge on any atom is -0.459 e. The van der Waals surface area contributed by atoms with Crippen LogP contribution < -0.4 is 0 Å². The summed E-state index contributed by atoms with van der Waals surface area (Å²) in [5.74, 6) is -4.17. The second-order valence-corrected chi connectivity index (χ2v) is 12.6. The lowest BCUT2D eigenvalue weighted by Gasteiger charge is -2.40. The number of fused-ring (bicyclic) bond motifs is 1. The molecule has 3 heterocycles. The first-order chi connectivity index (χ1) is 14.6. The summed E-state index contributed by atoms with van der Waals surface area (Å²) in [7, 11) is -5.77. The van der Waals surface area contributed by atoms with Gasteiger partial charge in [-0.05, 0) is 33.6 Å². The Balaban J connectivity index is 1.59. The largest absolute Gasteiger partial charge is 0.459 e. The molecule has 1 N–H and O–H groups in total. The number of halogens is 2. The van der Waals surface area contributed by atoms with E-state index in [9.17, 15) is 31.6 Å². The average Bonchev–Trinajstić information content (AvgIpc) is 3.19.